The van der Waals surface area contributed by atoms with E-state index in [9.17, 15) is 0 Å². The summed E-state index contributed by atoms with van der Waals surface area (Å²) in [6, 6.07) is 6.84. The van der Waals surface area contributed by atoms with Crippen LogP contribution in [-0.2, 0) is 5.41 Å². The summed E-state index contributed by atoms with van der Waals surface area (Å²) in [5, 5.41) is 0. The number of rotatable bonds is 0. The molecule has 0 saturated heterocycles. The summed E-state index contributed by atoms with van der Waals surface area (Å²) in [5.41, 5.74) is 7.74. The molecule has 0 fully saturated rings. The second-order valence-corrected chi connectivity index (χ2v) is 9.34. The highest BCUT2D eigenvalue weighted by atomic mass is 79.9. The number of halogens is 2. The van der Waals surface area contributed by atoms with Crippen molar-refractivity contribution in [3.05, 3.63) is 74.8 Å². The van der Waals surface area contributed by atoms with Crippen LogP contribution in [0.5, 0.6) is 0 Å². The third-order valence-corrected chi connectivity index (χ3v) is 7.62. The Hall–Kier alpha value is -0.860. The van der Waals surface area contributed by atoms with Crippen LogP contribution >= 0.6 is 31.9 Å². The van der Waals surface area contributed by atoms with Gasteiger partial charge in [-0.05, 0) is 38.7 Å². The van der Waals surface area contributed by atoms with Gasteiger partial charge in [-0.2, -0.15) is 0 Å². The van der Waals surface area contributed by atoms with Gasteiger partial charge in [0.1, 0.15) is 0 Å². The Kier molecular flexibility index (Phi) is 2.90. The van der Waals surface area contributed by atoms with E-state index in [2.05, 4.69) is 88.2 Å². The summed E-state index contributed by atoms with van der Waals surface area (Å²) in [7, 11) is 0. The number of hydrogen-bond donors (Lipinski definition) is 0. The lowest BCUT2D eigenvalue weighted by Crippen LogP contribution is -2.38. The second-order valence-electron chi connectivity index (χ2n) is 7.57. The van der Waals surface area contributed by atoms with E-state index in [1.165, 1.54) is 20.1 Å². The molecule has 0 nitrogen and oxygen atoms in total. The van der Waals surface area contributed by atoms with E-state index in [1.54, 1.807) is 16.7 Å². The van der Waals surface area contributed by atoms with Gasteiger partial charge in [-0.1, -0.05) is 88.2 Å². The third kappa shape index (κ3) is 1.72. The Bertz CT molecular complexity index is 864. The second kappa shape index (κ2) is 4.61. The number of benzene rings is 1. The Morgan fingerprint density at radius 1 is 1.13 bits per heavy atom. The predicted octanol–water partition coefficient (Wildman–Crippen LogP) is 6.59. The van der Waals surface area contributed by atoms with Crippen LogP contribution in [0.3, 0.4) is 0 Å². The van der Waals surface area contributed by atoms with Crippen molar-refractivity contribution in [3.8, 4) is 0 Å². The molecule has 0 heterocycles. The van der Waals surface area contributed by atoms with Gasteiger partial charge in [-0.15, -0.1) is 0 Å². The van der Waals surface area contributed by atoms with Crippen LogP contribution in [0.4, 0.5) is 0 Å². The van der Waals surface area contributed by atoms with Crippen molar-refractivity contribution in [1.82, 2.24) is 0 Å². The molecule has 0 bridgehead atoms. The van der Waals surface area contributed by atoms with Crippen molar-refractivity contribution < 1.29 is 0 Å². The van der Waals surface area contributed by atoms with Crippen molar-refractivity contribution in [2.75, 3.05) is 0 Å². The summed E-state index contributed by atoms with van der Waals surface area (Å²) in [6.07, 6.45) is 10.7. The van der Waals surface area contributed by atoms with E-state index in [0.29, 0.717) is 17.8 Å². The van der Waals surface area contributed by atoms with Crippen molar-refractivity contribution in [2.24, 2.45) is 11.8 Å². The van der Waals surface area contributed by atoms with Gasteiger partial charge >= 0.3 is 0 Å². The normalized spacial score (nSPS) is 32.3. The molecule has 3 atom stereocenters. The topological polar surface area (TPSA) is 0 Å². The summed E-state index contributed by atoms with van der Waals surface area (Å²) < 4.78 is 2.61. The molecule has 1 aromatic rings. The largest absolute Gasteiger partial charge is 0.0833 e. The Balaban J connectivity index is 1.94. The average Bonchev–Trinajstić information content (AvgIpc) is 2.53. The van der Waals surface area contributed by atoms with Gasteiger partial charge < -0.3 is 0 Å². The molecule has 0 spiro atoms. The lowest BCUT2D eigenvalue weighted by molar-refractivity contribution is 0.477. The maximum Gasteiger partial charge on any atom is 0.0217 e. The van der Waals surface area contributed by atoms with E-state index in [0.717, 1.165) is 6.42 Å². The smallest absolute Gasteiger partial charge is 0.0217 e. The van der Waals surface area contributed by atoms with Crippen LogP contribution in [-0.4, -0.2) is 0 Å². The third-order valence-electron chi connectivity index (χ3n) is 6.11. The Morgan fingerprint density at radius 3 is 2.78 bits per heavy atom. The molecule has 1 aromatic carbocycles. The minimum absolute atomic E-state index is 0.0755. The predicted molar refractivity (Wildman–Crippen MR) is 104 cm³/mol. The monoisotopic (exact) mass is 428 g/mol. The van der Waals surface area contributed by atoms with Gasteiger partial charge in [0.15, 0.2) is 0 Å². The first-order chi connectivity index (χ1) is 11.0. The van der Waals surface area contributed by atoms with Crippen LogP contribution < -0.4 is 0 Å². The SMILES string of the molecule is CC1(C)C2=C3C(CC=C2)C(Br)=CC2C=C(Br)c4cccc1c4C32. The maximum atomic E-state index is 3.89. The van der Waals surface area contributed by atoms with Crippen molar-refractivity contribution in [3.63, 3.8) is 0 Å². The van der Waals surface area contributed by atoms with Gasteiger partial charge in [0.2, 0.25) is 0 Å². The lowest BCUT2D eigenvalue weighted by Gasteiger charge is -2.50. The van der Waals surface area contributed by atoms with Gasteiger partial charge in [0, 0.05) is 27.7 Å². The molecule has 2 heteroatoms. The molecule has 4 aliphatic rings. The van der Waals surface area contributed by atoms with E-state index in [1.807, 2.05) is 0 Å². The Morgan fingerprint density at radius 2 is 1.96 bits per heavy atom. The first-order valence-corrected chi connectivity index (χ1v) is 9.88. The molecule has 4 aliphatic carbocycles. The van der Waals surface area contributed by atoms with Gasteiger partial charge in [-0.3, -0.25) is 0 Å². The zero-order chi connectivity index (χ0) is 15.9. The number of hydrogen-bond acceptors (Lipinski definition) is 0. The molecular formula is C21H18Br2. The van der Waals surface area contributed by atoms with Gasteiger partial charge in [0.25, 0.3) is 0 Å². The zero-order valence-corrected chi connectivity index (χ0v) is 16.4. The van der Waals surface area contributed by atoms with E-state index in [-0.39, 0.29) is 5.41 Å². The molecule has 5 rings (SSSR count). The first kappa shape index (κ1) is 14.5. The summed E-state index contributed by atoms with van der Waals surface area (Å²) in [6.45, 7) is 4.78. The van der Waals surface area contributed by atoms with Gasteiger partial charge in [0.05, 0.1) is 0 Å². The van der Waals surface area contributed by atoms with Crippen LogP contribution in [0, 0.1) is 11.8 Å². The van der Waals surface area contributed by atoms with Crippen LogP contribution in [0.15, 0.2) is 58.1 Å². The minimum atomic E-state index is 0.0755. The molecule has 23 heavy (non-hydrogen) atoms. The lowest BCUT2D eigenvalue weighted by atomic mass is 9.55. The zero-order valence-electron chi connectivity index (χ0n) is 13.2. The highest BCUT2D eigenvalue weighted by Crippen LogP contribution is 2.61. The molecule has 0 saturated carbocycles. The summed E-state index contributed by atoms with van der Waals surface area (Å²) in [5.74, 6) is 1.50. The average molecular weight is 430 g/mol. The van der Waals surface area contributed by atoms with Crippen molar-refractivity contribution in [2.45, 2.75) is 31.6 Å². The highest BCUT2D eigenvalue weighted by molar-refractivity contribution is 9.15. The molecular weight excluding hydrogens is 412 g/mol. The Labute approximate surface area is 154 Å². The molecule has 116 valence electrons. The maximum absolute atomic E-state index is 3.89. The fourth-order valence-electron chi connectivity index (χ4n) is 5.10. The molecule has 0 aromatic heterocycles. The first-order valence-electron chi connectivity index (χ1n) is 8.29. The molecule has 0 radical (unpaired) electrons. The minimum Gasteiger partial charge on any atom is -0.0833 e. The van der Waals surface area contributed by atoms with E-state index >= 15 is 0 Å². The van der Waals surface area contributed by atoms with Crippen LogP contribution in [0.1, 0.15) is 42.9 Å². The molecule has 3 unspecified atom stereocenters. The fraction of sp³-hybridized carbons (Fsp3) is 0.333. The van der Waals surface area contributed by atoms with Crippen molar-refractivity contribution in [1.29, 1.82) is 0 Å². The van der Waals surface area contributed by atoms with E-state index < -0.39 is 0 Å². The standard InChI is InChI=1S/C21H18Br2/c1-21(2)14-7-3-5-12-16(22)9-11-10-17(23)13-6-4-8-15(21)20(13)18(11)19(12)14/h3-5,7-11,13,18H,6H2,1-2H3. The van der Waals surface area contributed by atoms with E-state index in [4.69, 9.17) is 0 Å². The fourth-order valence-corrected chi connectivity index (χ4v) is 6.49. The number of allylic oxidation sites excluding steroid dienone is 7. The molecule has 0 amide bonds. The van der Waals surface area contributed by atoms with Crippen molar-refractivity contribution >= 4 is 36.3 Å². The molecule has 0 N–H and O–H groups in total. The van der Waals surface area contributed by atoms with Crippen LogP contribution in [0.2, 0.25) is 0 Å². The van der Waals surface area contributed by atoms with Gasteiger partial charge in [-0.25, -0.2) is 0 Å². The summed E-state index contributed by atoms with van der Waals surface area (Å²) in [4.78, 5) is 0. The highest BCUT2D eigenvalue weighted by Gasteiger charge is 2.48. The molecule has 0 aliphatic heterocycles. The summed E-state index contributed by atoms with van der Waals surface area (Å²) >= 11 is 7.72. The van der Waals surface area contributed by atoms with Crippen LogP contribution in [0.25, 0.3) is 4.48 Å². The quantitative estimate of drug-likeness (QED) is 0.436.